The summed E-state index contributed by atoms with van der Waals surface area (Å²) in [4.78, 5) is 9.86. The van der Waals surface area contributed by atoms with Crippen LogP contribution < -0.4 is 5.32 Å². The molecule has 1 N–H and O–H groups in total. The maximum Gasteiger partial charge on any atom is 0.131 e. The minimum atomic E-state index is 0.137. The Morgan fingerprint density at radius 2 is 2.27 bits per heavy atom. The molecule has 2 rings (SSSR count). The Hall–Kier alpha value is -1.20. The summed E-state index contributed by atoms with van der Waals surface area (Å²) < 4.78 is 2.03. The molecule has 2 aromatic heterocycles. The molecule has 0 amide bonds. The van der Waals surface area contributed by atoms with Gasteiger partial charge in [0.15, 0.2) is 0 Å². The highest BCUT2D eigenvalue weighted by atomic mass is 32.1. The van der Waals surface area contributed by atoms with Crippen LogP contribution in [0.1, 0.15) is 22.4 Å². The molecule has 4 nitrogen and oxygen atoms in total. The molecule has 0 aliphatic carbocycles. The molecule has 80 valence electrons. The van der Waals surface area contributed by atoms with E-state index in [1.165, 1.54) is 4.88 Å². The molecule has 1 atom stereocenters. The molecule has 0 saturated heterocycles. The number of imidazole rings is 1. The summed E-state index contributed by atoms with van der Waals surface area (Å²) >= 11 is 1.66. The van der Waals surface area contributed by atoms with Gasteiger partial charge in [0.25, 0.3) is 0 Å². The van der Waals surface area contributed by atoms with Crippen molar-refractivity contribution in [2.24, 2.45) is 7.05 Å². The first-order valence-corrected chi connectivity index (χ1v) is 5.66. The summed E-state index contributed by atoms with van der Waals surface area (Å²) in [5, 5.41) is 3.28. The minimum Gasteiger partial charge on any atom is -0.336 e. The minimum absolute atomic E-state index is 0.137. The number of rotatable bonds is 3. The average molecular weight is 222 g/mol. The largest absolute Gasteiger partial charge is 0.336 e. The van der Waals surface area contributed by atoms with Gasteiger partial charge in [-0.2, -0.15) is 0 Å². The fourth-order valence-electron chi connectivity index (χ4n) is 1.62. The second kappa shape index (κ2) is 4.12. The van der Waals surface area contributed by atoms with Crippen LogP contribution in [-0.4, -0.2) is 21.6 Å². The summed E-state index contributed by atoms with van der Waals surface area (Å²) in [5.41, 5.74) is 2.94. The van der Waals surface area contributed by atoms with E-state index in [-0.39, 0.29) is 6.04 Å². The van der Waals surface area contributed by atoms with Crippen LogP contribution in [0.4, 0.5) is 0 Å². The standard InChI is InChI=1S/C10H14N4S/c1-7-9(15-6-13-7)8(11-2)10-12-4-5-14(10)3/h4-6,8,11H,1-3H3. The first-order valence-electron chi connectivity index (χ1n) is 4.78. The quantitative estimate of drug-likeness (QED) is 0.855. The fraction of sp³-hybridized carbons (Fsp3) is 0.400. The van der Waals surface area contributed by atoms with Gasteiger partial charge in [0.1, 0.15) is 11.9 Å². The molecule has 0 fully saturated rings. The van der Waals surface area contributed by atoms with E-state index in [0.717, 1.165) is 11.5 Å². The SMILES string of the molecule is CNC(c1scnc1C)c1nccn1C. The number of thiazole rings is 1. The van der Waals surface area contributed by atoms with Crippen molar-refractivity contribution in [1.82, 2.24) is 19.9 Å². The van der Waals surface area contributed by atoms with Gasteiger partial charge >= 0.3 is 0 Å². The Morgan fingerprint density at radius 1 is 1.47 bits per heavy atom. The van der Waals surface area contributed by atoms with Crippen molar-refractivity contribution in [2.75, 3.05) is 7.05 Å². The molecule has 0 aromatic carbocycles. The summed E-state index contributed by atoms with van der Waals surface area (Å²) in [6.07, 6.45) is 3.77. The zero-order valence-corrected chi connectivity index (χ0v) is 9.88. The highest BCUT2D eigenvalue weighted by molar-refractivity contribution is 7.09. The van der Waals surface area contributed by atoms with E-state index in [2.05, 4.69) is 15.3 Å². The van der Waals surface area contributed by atoms with Gasteiger partial charge in [-0.3, -0.25) is 0 Å². The van der Waals surface area contributed by atoms with Crippen molar-refractivity contribution in [3.8, 4) is 0 Å². The molecule has 0 radical (unpaired) electrons. The van der Waals surface area contributed by atoms with Crippen molar-refractivity contribution in [2.45, 2.75) is 13.0 Å². The smallest absolute Gasteiger partial charge is 0.131 e. The number of nitrogens with zero attached hydrogens (tertiary/aromatic N) is 3. The third-order valence-corrected chi connectivity index (χ3v) is 3.45. The topological polar surface area (TPSA) is 42.7 Å². The molecular formula is C10H14N4S. The van der Waals surface area contributed by atoms with Crippen LogP contribution in [0.15, 0.2) is 17.9 Å². The molecule has 0 aliphatic heterocycles. The lowest BCUT2D eigenvalue weighted by atomic mass is 10.2. The molecule has 5 heteroatoms. The zero-order chi connectivity index (χ0) is 10.8. The van der Waals surface area contributed by atoms with Gasteiger partial charge in [-0.1, -0.05) is 0 Å². The fourth-order valence-corrected chi connectivity index (χ4v) is 2.53. The first kappa shape index (κ1) is 10.3. The van der Waals surface area contributed by atoms with Crippen molar-refractivity contribution in [3.63, 3.8) is 0 Å². The molecule has 0 bridgehead atoms. The summed E-state index contributed by atoms with van der Waals surface area (Å²) in [7, 11) is 3.95. The second-order valence-corrected chi connectivity index (χ2v) is 4.31. The van der Waals surface area contributed by atoms with Gasteiger partial charge in [-0.25, -0.2) is 9.97 Å². The monoisotopic (exact) mass is 222 g/mol. The van der Waals surface area contributed by atoms with E-state index in [0.29, 0.717) is 0 Å². The molecule has 15 heavy (non-hydrogen) atoms. The summed E-state index contributed by atoms with van der Waals surface area (Å²) in [6, 6.07) is 0.137. The van der Waals surface area contributed by atoms with Gasteiger partial charge in [0.05, 0.1) is 16.1 Å². The molecule has 0 saturated carbocycles. The Labute approximate surface area is 93.0 Å². The van der Waals surface area contributed by atoms with Crippen LogP contribution in [0.25, 0.3) is 0 Å². The summed E-state index contributed by atoms with van der Waals surface area (Å²) in [6.45, 7) is 2.03. The molecule has 0 spiro atoms. The predicted molar refractivity (Wildman–Crippen MR) is 61.0 cm³/mol. The van der Waals surface area contributed by atoms with Crippen LogP contribution in [0.2, 0.25) is 0 Å². The highest BCUT2D eigenvalue weighted by Gasteiger charge is 2.19. The van der Waals surface area contributed by atoms with E-state index >= 15 is 0 Å². The average Bonchev–Trinajstić information content (AvgIpc) is 2.80. The number of aromatic nitrogens is 3. The van der Waals surface area contributed by atoms with Crippen molar-refractivity contribution < 1.29 is 0 Å². The van der Waals surface area contributed by atoms with Gasteiger partial charge in [0.2, 0.25) is 0 Å². The van der Waals surface area contributed by atoms with E-state index in [9.17, 15) is 0 Å². The molecule has 1 unspecified atom stereocenters. The Kier molecular flexibility index (Phi) is 2.83. The number of aryl methyl sites for hydroxylation is 2. The third-order valence-electron chi connectivity index (χ3n) is 2.45. The van der Waals surface area contributed by atoms with Gasteiger partial charge in [0, 0.05) is 19.4 Å². The third kappa shape index (κ3) is 1.80. The molecule has 0 aliphatic rings. The first-order chi connectivity index (χ1) is 7.24. The van der Waals surface area contributed by atoms with Crippen molar-refractivity contribution in [1.29, 1.82) is 0 Å². The Morgan fingerprint density at radius 3 is 2.73 bits per heavy atom. The number of hydrogen-bond donors (Lipinski definition) is 1. The summed E-state index contributed by atoms with van der Waals surface area (Å²) in [5.74, 6) is 1.02. The van der Waals surface area contributed by atoms with Crippen molar-refractivity contribution >= 4 is 11.3 Å². The maximum absolute atomic E-state index is 4.36. The zero-order valence-electron chi connectivity index (χ0n) is 9.06. The van der Waals surface area contributed by atoms with E-state index < -0.39 is 0 Å². The lowest BCUT2D eigenvalue weighted by Crippen LogP contribution is -2.21. The second-order valence-electron chi connectivity index (χ2n) is 3.42. The van der Waals surface area contributed by atoms with E-state index in [4.69, 9.17) is 0 Å². The van der Waals surface area contributed by atoms with E-state index in [1.807, 2.05) is 43.5 Å². The van der Waals surface area contributed by atoms with Gasteiger partial charge in [-0.05, 0) is 14.0 Å². The van der Waals surface area contributed by atoms with Crippen LogP contribution >= 0.6 is 11.3 Å². The van der Waals surface area contributed by atoms with E-state index in [1.54, 1.807) is 11.3 Å². The molecule has 2 aromatic rings. The molecular weight excluding hydrogens is 208 g/mol. The number of hydrogen-bond acceptors (Lipinski definition) is 4. The van der Waals surface area contributed by atoms with Crippen LogP contribution in [0, 0.1) is 6.92 Å². The van der Waals surface area contributed by atoms with Crippen LogP contribution in [0.5, 0.6) is 0 Å². The lowest BCUT2D eigenvalue weighted by Gasteiger charge is -2.14. The van der Waals surface area contributed by atoms with Crippen LogP contribution in [-0.2, 0) is 7.05 Å². The normalized spacial score (nSPS) is 13.0. The van der Waals surface area contributed by atoms with Crippen molar-refractivity contribution in [3.05, 3.63) is 34.3 Å². The highest BCUT2D eigenvalue weighted by Crippen LogP contribution is 2.26. The van der Waals surface area contributed by atoms with Crippen LogP contribution in [0.3, 0.4) is 0 Å². The predicted octanol–water partition coefficient (Wildman–Crippen LogP) is 1.49. The lowest BCUT2D eigenvalue weighted by molar-refractivity contribution is 0.622. The Balaban J connectivity index is 2.41. The number of nitrogens with one attached hydrogen (secondary N) is 1. The van der Waals surface area contributed by atoms with Gasteiger partial charge < -0.3 is 9.88 Å². The Bertz CT molecular complexity index is 405. The maximum atomic E-state index is 4.36. The molecule has 2 heterocycles. The van der Waals surface area contributed by atoms with Gasteiger partial charge in [-0.15, -0.1) is 11.3 Å².